The molecule has 2 aliphatic heterocycles. The molecule has 18 heavy (non-hydrogen) atoms. The maximum atomic E-state index is 10.2. The van der Waals surface area contributed by atoms with Crippen molar-refractivity contribution in [2.45, 2.75) is 31.8 Å². The lowest BCUT2D eigenvalue weighted by Gasteiger charge is -2.32. The van der Waals surface area contributed by atoms with E-state index in [9.17, 15) is 5.11 Å². The predicted octanol–water partition coefficient (Wildman–Crippen LogP) is 1.52. The molecule has 6 heteroatoms. The number of hydrogen-bond donors (Lipinski definition) is 2. The second-order valence-corrected chi connectivity index (χ2v) is 6.50. The molecule has 0 aliphatic carbocycles. The summed E-state index contributed by atoms with van der Waals surface area (Å²) in [6.45, 7) is 4.71. The lowest BCUT2D eigenvalue weighted by atomic mass is 10.0. The van der Waals surface area contributed by atoms with Crippen LogP contribution in [-0.4, -0.2) is 52.7 Å². The molecule has 2 heterocycles. The lowest BCUT2D eigenvalue weighted by molar-refractivity contribution is 0.0775. The third kappa shape index (κ3) is 4.45. The number of guanidine groups is 1. The van der Waals surface area contributed by atoms with Crippen LogP contribution in [0.3, 0.4) is 0 Å². The highest BCUT2D eigenvalue weighted by atomic mass is 127. The number of halogens is 1. The van der Waals surface area contributed by atoms with Crippen LogP contribution in [0.1, 0.15) is 26.2 Å². The average Bonchev–Trinajstić information content (AvgIpc) is 2.74. The van der Waals surface area contributed by atoms with Gasteiger partial charge in [-0.2, -0.15) is 11.8 Å². The second-order valence-electron chi connectivity index (χ2n) is 5.39. The van der Waals surface area contributed by atoms with Gasteiger partial charge in [-0.1, -0.05) is 6.92 Å². The number of nitrogens with zero attached hydrogens (tertiary/aromatic N) is 2. The predicted molar refractivity (Wildman–Crippen MR) is 88.8 cm³/mol. The van der Waals surface area contributed by atoms with Crippen molar-refractivity contribution in [3.63, 3.8) is 0 Å². The third-order valence-electron chi connectivity index (χ3n) is 3.60. The fraction of sp³-hybridized carbons (Fsp3) is 0.917. The number of aliphatic hydroxyl groups is 1. The number of thioether (sulfide) groups is 1. The van der Waals surface area contributed by atoms with Gasteiger partial charge in [-0.15, -0.1) is 24.0 Å². The van der Waals surface area contributed by atoms with E-state index in [2.05, 4.69) is 16.8 Å². The zero-order valence-electron chi connectivity index (χ0n) is 11.0. The monoisotopic (exact) mass is 385 g/mol. The van der Waals surface area contributed by atoms with Crippen molar-refractivity contribution in [3.8, 4) is 0 Å². The van der Waals surface area contributed by atoms with Crippen molar-refractivity contribution in [2.24, 2.45) is 16.6 Å². The first-order valence-electron chi connectivity index (χ1n) is 6.44. The van der Waals surface area contributed by atoms with Crippen LogP contribution < -0.4 is 5.73 Å². The highest BCUT2D eigenvalue weighted by molar-refractivity contribution is 14.0. The maximum Gasteiger partial charge on any atom is 0.191 e. The molecule has 0 aromatic rings. The standard InChI is InChI=1S/C12H23N3OS.HI/c1-10-3-2-5-15(7-10)11(13)14-8-12(16)4-6-17-9-12;/h10,16H,2-9H2,1H3,(H2,13,14);1H. The minimum Gasteiger partial charge on any atom is -0.387 e. The first-order valence-corrected chi connectivity index (χ1v) is 7.59. The summed E-state index contributed by atoms with van der Waals surface area (Å²) in [5.41, 5.74) is 5.39. The van der Waals surface area contributed by atoms with Crippen molar-refractivity contribution in [1.29, 1.82) is 0 Å². The van der Waals surface area contributed by atoms with Gasteiger partial charge in [-0.25, -0.2) is 0 Å². The van der Waals surface area contributed by atoms with Gasteiger partial charge in [-0.05, 0) is 30.9 Å². The van der Waals surface area contributed by atoms with Gasteiger partial charge in [0.1, 0.15) is 0 Å². The summed E-state index contributed by atoms with van der Waals surface area (Å²) in [4.78, 5) is 6.55. The van der Waals surface area contributed by atoms with Gasteiger partial charge in [0.05, 0.1) is 12.1 Å². The van der Waals surface area contributed by atoms with Gasteiger partial charge < -0.3 is 15.7 Å². The Morgan fingerprint density at radius 3 is 3.00 bits per heavy atom. The number of piperidine rings is 1. The zero-order valence-corrected chi connectivity index (χ0v) is 14.1. The Labute approximate surface area is 131 Å². The molecular formula is C12H24IN3OS. The molecule has 3 N–H and O–H groups in total. The van der Waals surface area contributed by atoms with Crippen molar-refractivity contribution >= 4 is 41.7 Å². The Morgan fingerprint density at radius 2 is 2.39 bits per heavy atom. The van der Waals surface area contributed by atoms with Gasteiger partial charge in [0, 0.05) is 18.8 Å². The zero-order chi connectivity index (χ0) is 12.3. The summed E-state index contributed by atoms with van der Waals surface area (Å²) in [7, 11) is 0. The summed E-state index contributed by atoms with van der Waals surface area (Å²) in [6.07, 6.45) is 3.31. The van der Waals surface area contributed by atoms with Gasteiger partial charge in [0.15, 0.2) is 5.96 Å². The molecular weight excluding hydrogens is 361 g/mol. The highest BCUT2D eigenvalue weighted by Gasteiger charge is 2.31. The Kier molecular flexibility index (Phi) is 6.54. The number of hydrogen-bond acceptors (Lipinski definition) is 3. The average molecular weight is 385 g/mol. The molecule has 2 atom stereocenters. The Morgan fingerprint density at radius 1 is 1.61 bits per heavy atom. The smallest absolute Gasteiger partial charge is 0.191 e. The Hall–Kier alpha value is 0.310. The maximum absolute atomic E-state index is 10.2. The van der Waals surface area contributed by atoms with E-state index in [4.69, 9.17) is 5.73 Å². The fourth-order valence-electron chi connectivity index (χ4n) is 2.45. The summed E-state index contributed by atoms with van der Waals surface area (Å²) >= 11 is 1.79. The van der Waals surface area contributed by atoms with Gasteiger partial charge in [-0.3, -0.25) is 4.99 Å². The largest absolute Gasteiger partial charge is 0.387 e. The molecule has 4 nitrogen and oxygen atoms in total. The van der Waals surface area contributed by atoms with E-state index >= 15 is 0 Å². The number of likely N-dealkylation sites (tertiary alicyclic amines) is 1. The molecule has 0 amide bonds. The van der Waals surface area contributed by atoms with Crippen LogP contribution in [-0.2, 0) is 0 Å². The molecule has 0 saturated carbocycles. The van der Waals surface area contributed by atoms with Crippen molar-refractivity contribution < 1.29 is 5.11 Å². The number of aliphatic imine (C=N–C) groups is 1. The minimum absolute atomic E-state index is 0. The summed E-state index contributed by atoms with van der Waals surface area (Å²) in [5, 5.41) is 10.2. The molecule has 2 fully saturated rings. The van der Waals surface area contributed by atoms with Crippen LogP contribution >= 0.6 is 35.7 Å². The van der Waals surface area contributed by atoms with E-state index in [1.165, 1.54) is 12.8 Å². The SMILES string of the molecule is CC1CCCN(C(N)=NCC2(O)CCSC2)C1.I. The molecule has 106 valence electrons. The molecule has 0 spiro atoms. The van der Waals surface area contributed by atoms with Crippen LogP contribution in [0.5, 0.6) is 0 Å². The fourth-order valence-corrected chi connectivity index (χ4v) is 3.73. The van der Waals surface area contributed by atoms with Crippen LogP contribution in [0, 0.1) is 5.92 Å². The van der Waals surface area contributed by atoms with Gasteiger partial charge in [0.2, 0.25) is 0 Å². The van der Waals surface area contributed by atoms with Crippen LogP contribution in [0.4, 0.5) is 0 Å². The summed E-state index contributed by atoms with van der Waals surface area (Å²) < 4.78 is 0. The first-order chi connectivity index (χ1) is 8.09. The van der Waals surface area contributed by atoms with Crippen molar-refractivity contribution in [3.05, 3.63) is 0 Å². The first kappa shape index (κ1) is 16.4. The third-order valence-corrected chi connectivity index (χ3v) is 4.83. The molecule has 2 aliphatic rings. The lowest BCUT2D eigenvalue weighted by Crippen LogP contribution is -2.44. The van der Waals surface area contributed by atoms with E-state index in [0.717, 1.165) is 31.0 Å². The molecule has 2 saturated heterocycles. The topological polar surface area (TPSA) is 61.8 Å². The van der Waals surface area contributed by atoms with Crippen LogP contribution in [0.15, 0.2) is 4.99 Å². The van der Waals surface area contributed by atoms with Gasteiger partial charge in [0.25, 0.3) is 0 Å². The molecule has 0 radical (unpaired) electrons. The van der Waals surface area contributed by atoms with E-state index < -0.39 is 5.60 Å². The van der Waals surface area contributed by atoms with Crippen molar-refractivity contribution in [1.82, 2.24) is 4.90 Å². The second kappa shape index (κ2) is 7.19. The molecule has 0 aromatic carbocycles. The van der Waals surface area contributed by atoms with E-state index in [1.54, 1.807) is 11.8 Å². The Bertz CT molecular complexity index is 295. The van der Waals surface area contributed by atoms with Crippen LogP contribution in [0.25, 0.3) is 0 Å². The highest BCUT2D eigenvalue weighted by Crippen LogP contribution is 2.28. The summed E-state index contributed by atoms with van der Waals surface area (Å²) in [6, 6.07) is 0. The quantitative estimate of drug-likeness (QED) is 0.430. The normalized spacial score (nSPS) is 33.3. The van der Waals surface area contributed by atoms with E-state index in [-0.39, 0.29) is 24.0 Å². The van der Waals surface area contributed by atoms with E-state index in [1.807, 2.05) is 0 Å². The summed E-state index contributed by atoms with van der Waals surface area (Å²) in [5.74, 6) is 3.14. The molecule has 2 rings (SSSR count). The van der Waals surface area contributed by atoms with Crippen LogP contribution in [0.2, 0.25) is 0 Å². The molecule has 2 unspecified atom stereocenters. The number of rotatable bonds is 2. The van der Waals surface area contributed by atoms with E-state index in [0.29, 0.717) is 18.4 Å². The number of nitrogens with two attached hydrogens (primary N) is 1. The minimum atomic E-state index is -0.614. The Balaban J connectivity index is 0.00000162. The van der Waals surface area contributed by atoms with Gasteiger partial charge >= 0.3 is 0 Å². The molecule has 0 bridgehead atoms. The molecule has 0 aromatic heterocycles. The van der Waals surface area contributed by atoms with Crippen molar-refractivity contribution in [2.75, 3.05) is 31.1 Å².